The summed E-state index contributed by atoms with van der Waals surface area (Å²) in [7, 11) is 0. The zero-order valence-corrected chi connectivity index (χ0v) is 24.5. The van der Waals surface area contributed by atoms with Crippen molar-refractivity contribution in [3.63, 3.8) is 0 Å². The number of para-hydroxylation sites is 2. The summed E-state index contributed by atoms with van der Waals surface area (Å²) in [5.41, 5.74) is 1.83. The summed E-state index contributed by atoms with van der Waals surface area (Å²) in [6.07, 6.45) is 10.0. The number of rotatable bonds is 6. The lowest BCUT2D eigenvalue weighted by molar-refractivity contribution is 0.674. The Morgan fingerprint density at radius 2 is 0.634 bits per heavy atom. The molecule has 198 valence electrons. The minimum Gasteiger partial charge on any atom is -0.455 e. The van der Waals surface area contributed by atoms with Gasteiger partial charge in [-0.25, -0.2) is 0 Å². The summed E-state index contributed by atoms with van der Waals surface area (Å²) in [6.45, 7) is -4.50. The standard InChI is InChI=1S/C38H30OP2/c1-40(29-17-7-3-8-18-29,30-19-9-4-10-20-30)35-27-15-25-33-34-26-16-28-36(38(34)39-37(33)35)41(2,31-21-11-5-12-22-31)32-23-13-6-14-24-32/h3-28H,1-2H2. The molecule has 3 heteroatoms. The zero-order valence-electron chi connectivity index (χ0n) is 22.7. The first-order chi connectivity index (χ1) is 20.1. The molecule has 0 N–H and O–H groups in total. The van der Waals surface area contributed by atoms with Crippen molar-refractivity contribution in [1.29, 1.82) is 0 Å². The van der Waals surface area contributed by atoms with Gasteiger partial charge in [0.05, 0.1) is 0 Å². The average molecular weight is 565 g/mol. The van der Waals surface area contributed by atoms with Crippen LogP contribution in [0.3, 0.4) is 0 Å². The summed E-state index contributed by atoms with van der Waals surface area (Å²) >= 11 is 0. The van der Waals surface area contributed by atoms with E-state index in [0.29, 0.717) is 0 Å². The first-order valence-corrected chi connectivity index (χ1v) is 17.7. The van der Waals surface area contributed by atoms with E-state index in [1.807, 2.05) is 0 Å². The number of benzene rings is 6. The molecule has 0 aliphatic rings. The smallest absolute Gasteiger partial charge is 0.143 e. The molecule has 0 aliphatic carbocycles. The van der Waals surface area contributed by atoms with Gasteiger partial charge in [-0.2, -0.15) is 0 Å². The molecule has 1 nitrogen and oxygen atoms in total. The van der Waals surface area contributed by atoms with Crippen LogP contribution in [0.4, 0.5) is 0 Å². The Morgan fingerprint density at radius 3 is 0.927 bits per heavy atom. The maximum atomic E-state index is 7.07. The molecule has 41 heavy (non-hydrogen) atoms. The molecule has 0 spiro atoms. The van der Waals surface area contributed by atoms with E-state index >= 15 is 0 Å². The van der Waals surface area contributed by atoms with Crippen molar-refractivity contribution in [2.24, 2.45) is 0 Å². The second kappa shape index (κ2) is 10.3. The van der Waals surface area contributed by atoms with Crippen LogP contribution in [0.1, 0.15) is 0 Å². The van der Waals surface area contributed by atoms with Crippen molar-refractivity contribution in [2.45, 2.75) is 0 Å². The molecular formula is C38H30OP2. The van der Waals surface area contributed by atoms with Crippen molar-refractivity contribution in [1.82, 2.24) is 0 Å². The topological polar surface area (TPSA) is 13.1 Å². The predicted molar refractivity (Wildman–Crippen MR) is 185 cm³/mol. The van der Waals surface area contributed by atoms with Crippen molar-refractivity contribution in [3.05, 3.63) is 158 Å². The summed E-state index contributed by atoms with van der Waals surface area (Å²) in [6, 6.07) is 55.9. The van der Waals surface area contributed by atoms with Crippen LogP contribution in [0, 0.1) is 0 Å². The lowest BCUT2D eigenvalue weighted by atomic mass is 10.1. The van der Waals surface area contributed by atoms with E-state index in [-0.39, 0.29) is 0 Å². The number of furan rings is 1. The molecule has 0 amide bonds. The summed E-state index contributed by atoms with van der Waals surface area (Å²) in [5, 5.41) is 9.46. The second-order valence-corrected chi connectivity index (χ2v) is 16.6. The van der Waals surface area contributed by atoms with E-state index in [1.165, 1.54) is 21.2 Å². The van der Waals surface area contributed by atoms with E-state index in [9.17, 15) is 0 Å². The highest BCUT2D eigenvalue weighted by atomic mass is 31.2. The lowest BCUT2D eigenvalue weighted by Crippen LogP contribution is -2.26. The van der Waals surface area contributed by atoms with Crippen LogP contribution < -0.4 is 31.8 Å². The third-order valence-electron chi connectivity index (χ3n) is 8.09. The summed E-state index contributed by atoms with van der Waals surface area (Å²) < 4.78 is 7.07. The van der Waals surface area contributed by atoms with Crippen LogP contribution in [-0.2, 0) is 0 Å². The normalized spacial score (nSPS) is 12.1. The van der Waals surface area contributed by atoms with Gasteiger partial charge in [0.1, 0.15) is 11.2 Å². The molecule has 0 saturated heterocycles. The Balaban J connectivity index is 1.56. The van der Waals surface area contributed by atoms with Gasteiger partial charge < -0.3 is 4.42 Å². The zero-order chi connectivity index (χ0) is 27.9. The number of hydrogen-bond acceptors (Lipinski definition) is 1. The molecule has 0 fully saturated rings. The van der Waals surface area contributed by atoms with Crippen LogP contribution in [0.5, 0.6) is 0 Å². The van der Waals surface area contributed by atoms with Crippen LogP contribution in [0.25, 0.3) is 21.9 Å². The first-order valence-electron chi connectivity index (χ1n) is 13.8. The van der Waals surface area contributed by atoms with Crippen molar-refractivity contribution < 1.29 is 4.42 Å². The molecule has 7 rings (SSSR count). The maximum absolute atomic E-state index is 7.07. The second-order valence-electron chi connectivity index (χ2n) is 10.4. The first kappa shape index (κ1) is 25.7. The van der Waals surface area contributed by atoms with E-state index in [2.05, 4.69) is 158 Å². The third kappa shape index (κ3) is 4.08. The van der Waals surface area contributed by atoms with E-state index in [4.69, 9.17) is 17.0 Å². The van der Waals surface area contributed by atoms with Gasteiger partial charge in [0.2, 0.25) is 0 Å². The molecule has 7 aromatic rings. The highest BCUT2D eigenvalue weighted by Crippen LogP contribution is 2.48. The van der Waals surface area contributed by atoms with Gasteiger partial charge in [-0.15, -0.1) is 0 Å². The highest BCUT2D eigenvalue weighted by molar-refractivity contribution is 7.94. The molecule has 0 atom stereocenters. The Morgan fingerprint density at radius 1 is 0.341 bits per heavy atom. The van der Waals surface area contributed by atoms with E-state index in [1.54, 1.807) is 0 Å². The number of fused-ring (bicyclic) bond motifs is 3. The Kier molecular flexibility index (Phi) is 6.44. The minimum absolute atomic E-state index is 0.915. The van der Waals surface area contributed by atoms with Crippen molar-refractivity contribution in [3.8, 4) is 0 Å². The average Bonchev–Trinajstić information content (AvgIpc) is 3.45. The summed E-state index contributed by atoms with van der Waals surface area (Å²) in [4.78, 5) is 0. The SMILES string of the molecule is C=P(c1ccccc1)(c1ccccc1)c1cccc2c1oc1c(P(=C)(c3ccccc3)c3ccccc3)cccc12. The predicted octanol–water partition coefficient (Wildman–Crippen LogP) is 7.04. The van der Waals surface area contributed by atoms with E-state index < -0.39 is 13.8 Å². The van der Waals surface area contributed by atoms with Crippen LogP contribution in [0.2, 0.25) is 0 Å². The largest absolute Gasteiger partial charge is 0.455 e. The van der Waals surface area contributed by atoms with Gasteiger partial charge in [0.25, 0.3) is 0 Å². The molecule has 0 unspecified atom stereocenters. The molecule has 6 aromatic carbocycles. The van der Waals surface area contributed by atoms with Gasteiger partial charge in [-0.05, 0) is 35.0 Å². The Labute approximate surface area is 241 Å². The molecule has 1 aromatic heterocycles. The molecule has 0 bridgehead atoms. The molecule has 0 radical (unpaired) electrons. The lowest BCUT2D eigenvalue weighted by Gasteiger charge is -2.27. The van der Waals surface area contributed by atoms with Crippen LogP contribution in [0.15, 0.2) is 162 Å². The van der Waals surface area contributed by atoms with Gasteiger partial charge in [0.15, 0.2) is 0 Å². The third-order valence-corrected chi connectivity index (χ3v) is 15.2. The quantitative estimate of drug-likeness (QED) is 0.198. The molecule has 1 heterocycles. The highest BCUT2D eigenvalue weighted by Gasteiger charge is 2.29. The fourth-order valence-electron chi connectivity index (χ4n) is 5.98. The van der Waals surface area contributed by atoms with Crippen LogP contribution >= 0.6 is 13.8 Å². The van der Waals surface area contributed by atoms with E-state index in [0.717, 1.165) is 32.5 Å². The van der Waals surface area contributed by atoms with Gasteiger partial charge in [0, 0.05) is 21.4 Å². The molecule has 0 aliphatic heterocycles. The molecular weight excluding hydrogens is 534 g/mol. The van der Waals surface area contributed by atoms with Gasteiger partial charge >= 0.3 is 0 Å². The Bertz CT molecular complexity index is 1840. The minimum atomic E-state index is -2.25. The number of hydrogen-bond donors (Lipinski definition) is 0. The molecule has 0 saturated carbocycles. The fraction of sp³-hybridized carbons (Fsp3) is 0. The van der Waals surface area contributed by atoms with Crippen LogP contribution in [-0.4, -0.2) is 12.6 Å². The maximum Gasteiger partial charge on any atom is 0.143 e. The summed E-state index contributed by atoms with van der Waals surface area (Å²) in [5.74, 6) is 0. The van der Waals surface area contributed by atoms with Crippen molar-refractivity contribution >= 4 is 80.1 Å². The van der Waals surface area contributed by atoms with Gasteiger partial charge in [-0.1, -0.05) is 170 Å². The Hall–Kier alpha value is -4.28. The monoisotopic (exact) mass is 564 g/mol. The van der Waals surface area contributed by atoms with Crippen molar-refractivity contribution in [2.75, 3.05) is 0 Å². The van der Waals surface area contributed by atoms with Gasteiger partial charge in [-0.3, -0.25) is 0 Å². The fourth-order valence-corrected chi connectivity index (χ4v) is 12.1.